The zero-order chi connectivity index (χ0) is 11.3. The van der Waals surface area contributed by atoms with E-state index in [2.05, 4.69) is 6.58 Å². The Hall–Kier alpha value is -1.91. The average Bonchev–Trinajstić information content (AvgIpc) is 2.76. The summed E-state index contributed by atoms with van der Waals surface area (Å²) in [7, 11) is 0. The fourth-order valence-electron chi connectivity index (χ4n) is 1.22. The van der Waals surface area contributed by atoms with Gasteiger partial charge in [-0.05, 0) is 12.6 Å². The van der Waals surface area contributed by atoms with Crippen LogP contribution in [-0.4, -0.2) is 29.2 Å². The molecule has 3 amide bonds. The van der Waals surface area contributed by atoms with Gasteiger partial charge in [0.2, 0.25) is 5.91 Å². The number of hydrogen-bond donors (Lipinski definition) is 1. The number of amides is 3. The van der Waals surface area contributed by atoms with Gasteiger partial charge in [0.05, 0.1) is 0 Å². The van der Waals surface area contributed by atoms with Crippen molar-refractivity contribution >= 4 is 17.7 Å². The lowest BCUT2D eigenvalue weighted by molar-refractivity contribution is -0.126. The highest BCUT2D eigenvalue weighted by atomic mass is 16.2. The third-order valence-electron chi connectivity index (χ3n) is 1.96. The number of nitrogens with one attached hydrogen (secondary N) is 1. The van der Waals surface area contributed by atoms with Gasteiger partial charge in [0.15, 0.2) is 0 Å². The normalized spacial score (nSPS) is 18.7. The summed E-state index contributed by atoms with van der Waals surface area (Å²) in [5.41, 5.74) is 0. The zero-order valence-electron chi connectivity index (χ0n) is 8.23. The smallest absolute Gasteiger partial charge is 0.250 e. The number of nitrogens with zero attached hydrogens (tertiary/aromatic N) is 1. The van der Waals surface area contributed by atoms with Gasteiger partial charge in [-0.3, -0.25) is 19.7 Å². The van der Waals surface area contributed by atoms with Crippen LogP contribution in [0.5, 0.6) is 0 Å². The van der Waals surface area contributed by atoms with Gasteiger partial charge in [0, 0.05) is 25.1 Å². The molecule has 5 heteroatoms. The van der Waals surface area contributed by atoms with Gasteiger partial charge < -0.3 is 4.90 Å². The van der Waals surface area contributed by atoms with Crippen molar-refractivity contribution < 1.29 is 14.4 Å². The van der Waals surface area contributed by atoms with E-state index in [0.717, 1.165) is 13.0 Å². The van der Waals surface area contributed by atoms with Crippen LogP contribution in [0.25, 0.3) is 0 Å². The Balaban J connectivity index is 0.000000151. The maximum Gasteiger partial charge on any atom is 0.250 e. The topological polar surface area (TPSA) is 66.5 Å². The van der Waals surface area contributed by atoms with E-state index in [1.807, 2.05) is 5.32 Å². The first-order valence-electron chi connectivity index (χ1n) is 4.58. The maximum atomic E-state index is 10.7. The van der Waals surface area contributed by atoms with Crippen LogP contribution in [0.2, 0.25) is 0 Å². The van der Waals surface area contributed by atoms with Gasteiger partial charge in [-0.1, -0.05) is 6.58 Å². The molecule has 0 saturated carbocycles. The number of imide groups is 1. The number of likely N-dealkylation sites (tertiary alicyclic amines) is 1. The summed E-state index contributed by atoms with van der Waals surface area (Å²) in [4.78, 5) is 32.4. The van der Waals surface area contributed by atoms with Crippen LogP contribution in [0.3, 0.4) is 0 Å². The lowest BCUT2D eigenvalue weighted by atomic mass is 10.4. The summed E-state index contributed by atoms with van der Waals surface area (Å²) in [6, 6.07) is 0. The minimum absolute atomic E-state index is 0.208. The molecule has 2 aliphatic heterocycles. The van der Waals surface area contributed by atoms with Gasteiger partial charge in [-0.15, -0.1) is 0 Å². The van der Waals surface area contributed by atoms with Crippen LogP contribution in [-0.2, 0) is 14.4 Å². The highest BCUT2D eigenvalue weighted by Gasteiger charge is 2.16. The van der Waals surface area contributed by atoms with E-state index in [0.29, 0.717) is 6.42 Å². The first kappa shape index (κ1) is 11.2. The molecule has 0 aromatic rings. The first-order chi connectivity index (χ1) is 7.13. The Kier molecular flexibility index (Phi) is 3.79. The van der Waals surface area contributed by atoms with Crippen molar-refractivity contribution in [3.63, 3.8) is 0 Å². The summed E-state index contributed by atoms with van der Waals surface area (Å²) in [6.45, 7) is 4.36. The molecule has 2 heterocycles. The molecule has 0 aromatic heterocycles. The van der Waals surface area contributed by atoms with E-state index in [9.17, 15) is 14.4 Å². The van der Waals surface area contributed by atoms with Crippen molar-refractivity contribution in [2.75, 3.05) is 6.54 Å². The van der Waals surface area contributed by atoms with Crippen molar-refractivity contribution in [1.29, 1.82) is 0 Å². The molecule has 0 aliphatic carbocycles. The zero-order valence-corrected chi connectivity index (χ0v) is 8.23. The number of carbonyl (C=O) groups excluding carboxylic acids is 3. The van der Waals surface area contributed by atoms with Crippen molar-refractivity contribution in [2.45, 2.75) is 12.8 Å². The molecule has 80 valence electrons. The minimum atomic E-state index is -0.329. The lowest BCUT2D eigenvalue weighted by Crippen LogP contribution is -2.19. The second-order valence-electron chi connectivity index (χ2n) is 3.06. The fraction of sp³-hybridized carbons (Fsp3) is 0.300. The predicted molar refractivity (Wildman–Crippen MR) is 53.4 cm³/mol. The molecule has 2 aliphatic rings. The molecule has 15 heavy (non-hydrogen) atoms. The summed E-state index contributed by atoms with van der Waals surface area (Å²) >= 11 is 0. The third kappa shape index (κ3) is 3.38. The molecule has 1 fully saturated rings. The summed E-state index contributed by atoms with van der Waals surface area (Å²) in [5, 5.41) is 2.03. The Morgan fingerprint density at radius 2 is 1.87 bits per heavy atom. The molecule has 0 unspecified atom stereocenters. The van der Waals surface area contributed by atoms with E-state index in [4.69, 9.17) is 0 Å². The SMILES string of the molecule is C=CN1CCCC1=O.O=C1C=CC(=O)N1. The number of hydrogen-bond acceptors (Lipinski definition) is 3. The van der Waals surface area contributed by atoms with Crippen molar-refractivity contribution in [3.8, 4) is 0 Å². The van der Waals surface area contributed by atoms with E-state index in [-0.39, 0.29) is 17.7 Å². The van der Waals surface area contributed by atoms with Crippen LogP contribution >= 0.6 is 0 Å². The molecule has 1 saturated heterocycles. The summed E-state index contributed by atoms with van der Waals surface area (Å²) in [5.74, 6) is -0.449. The third-order valence-corrected chi connectivity index (χ3v) is 1.96. The number of rotatable bonds is 1. The van der Waals surface area contributed by atoms with Crippen LogP contribution in [0.1, 0.15) is 12.8 Å². The Bertz CT molecular complexity index is 318. The highest BCUT2D eigenvalue weighted by Crippen LogP contribution is 2.08. The molecule has 0 spiro atoms. The highest BCUT2D eigenvalue weighted by molar-refractivity contribution is 6.12. The quantitative estimate of drug-likeness (QED) is 0.614. The van der Waals surface area contributed by atoms with Gasteiger partial charge in [0.25, 0.3) is 11.8 Å². The van der Waals surface area contributed by atoms with Crippen LogP contribution in [0, 0.1) is 0 Å². The predicted octanol–water partition coefficient (Wildman–Crippen LogP) is -0.0487. The van der Waals surface area contributed by atoms with E-state index in [1.165, 1.54) is 12.2 Å². The first-order valence-corrected chi connectivity index (χ1v) is 4.58. The largest absolute Gasteiger partial charge is 0.320 e. The van der Waals surface area contributed by atoms with E-state index in [1.54, 1.807) is 11.1 Å². The molecular formula is C10H12N2O3. The van der Waals surface area contributed by atoms with Gasteiger partial charge in [0.1, 0.15) is 0 Å². The number of carbonyl (C=O) groups is 3. The second kappa shape index (κ2) is 5.09. The molecule has 0 radical (unpaired) electrons. The van der Waals surface area contributed by atoms with Crippen LogP contribution in [0.15, 0.2) is 24.9 Å². The molecule has 2 rings (SSSR count). The van der Waals surface area contributed by atoms with Crippen molar-refractivity contribution in [1.82, 2.24) is 10.2 Å². The van der Waals surface area contributed by atoms with Crippen molar-refractivity contribution in [2.24, 2.45) is 0 Å². The van der Waals surface area contributed by atoms with E-state index < -0.39 is 0 Å². The van der Waals surface area contributed by atoms with Crippen molar-refractivity contribution in [3.05, 3.63) is 24.9 Å². The molecule has 1 N–H and O–H groups in total. The van der Waals surface area contributed by atoms with Crippen LogP contribution in [0.4, 0.5) is 0 Å². The van der Waals surface area contributed by atoms with E-state index >= 15 is 0 Å². The molecular weight excluding hydrogens is 196 g/mol. The van der Waals surface area contributed by atoms with Gasteiger partial charge >= 0.3 is 0 Å². The van der Waals surface area contributed by atoms with Gasteiger partial charge in [-0.2, -0.15) is 0 Å². The Labute approximate surface area is 87.4 Å². The molecule has 0 bridgehead atoms. The van der Waals surface area contributed by atoms with Gasteiger partial charge in [-0.25, -0.2) is 0 Å². The monoisotopic (exact) mass is 208 g/mol. The lowest BCUT2D eigenvalue weighted by Gasteiger charge is -2.05. The van der Waals surface area contributed by atoms with Crippen LogP contribution < -0.4 is 5.32 Å². The Morgan fingerprint density at radius 3 is 2.07 bits per heavy atom. The summed E-state index contributed by atoms with van der Waals surface area (Å²) < 4.78 is 0. The maximum absolute atomic E-state index is 10.7. The Morgan fingerprint density at radius 1 is 1.27 bits per heavy atom. The molecule has 0 aromatic carbocycles. The fourth-order valence-corrected chi connectivity index (χ4v) is 1.22. The molecule has 5 nitrogen and oxygen atoms in total. The summed E-state index contributed by atoms with van der Waals surface area (Å²) in [6.07, 6.45) is 5.68. The average molecular weight is 208 g/mol. The second-order valence-corrected chi connectivity index (χ2v) is 3.06. The molecule has 0 atom stereocenters. The standard InChI is InChI=1S/C6H9NO.C4H3NO2/c1-2-7-5-3-4-6(7)8;6-3-1-2-4(7)5-3/h2H,1,3-5H2;1-2H,(H,5,6,7). The minimum Gasteiger partial charge on any atom is -0.320 e.